The zero-order valence-corrected chi connectivity index (χ0v) is 11.5. The molecule has 1 atom stereocenters. The van der Waals surface area contributed by atoms with E-state index in [0.717, 1.165) is 4.47 Å². The standard InChI is InChI=1S/C12H15BrN2O3/c1-2-9(7-11(16)17)14-12(18)15-10-5-3-8(13)4-6-10/h3-6,9H,2,7H2,1H3,(H,16,17)(H2,14,15,18). The van der Waals surface area contributed by atoms with Crippen molar-refractivity contribution < 1.29 is 14.7 Å². The molecule has 6 heteroatoms. The van der Waals surface area contributed by atoms with Crippen molar-refractivity contribution in [3.63, 3.8) is 0 Å². The molecule has 0 aliphatic carbocycles. The van der Waals surface area contributed by atoms with E-state index in [0.29, 0.717) is 12.1 Å². The van der Waals surface area contributed by atoms with E-state index in [9.17, 15) is 9.59 Å². The van der Waals surface area contributed by atoms with Crippen LogP contribution in [0.15, 0.2) is 28.7 Å². The van der Waals surface area contributed by atoms with Gasteiger partial charge >= 0.3 is 12.0 Å². The third-order valence-electron chi connectivity index (χ3n) is 2.35. The number of carboxylic acid groups (broad SMARTS) is 1. The predicted molar refractivity (Wildman–Crippen MR) is 72.6 cm³/mol. The quantitative estimate of drug-likeness (QED) is 0.782. The molecule has 1 aromatic rings. The Balaban J connectivity index is 2.49. The molecule has 1 rings (SSSR count). The molecule has 0 bridgehead atoms. The molecule has 1 unspecified atom stereocenters. The van der Waals surface area contributed by atoms with Gasteiger partial charge in [-0.05, 0) is 30.7 Å². The normalized spacial score (nSPS) is 11.7. The van der Waals surface area contributed by atoms with Gasteiger partial charge < -0.3 is 15.7 Å². The van der Waals surface area contributed by atoms with E-state index in [1.165, 1.54) is 0 Å². The highest BCUT2D eigenvalue weighted by molar-refractivity contribution is 9.10. The molecule has 5 nitrogen and oxygen atoms in total. The molecule has 0 aromatic heterocycles. The van der Waals surface area contributed by atoms with Crippen LogP contribution in [0.5, 0.6) is 0 Å². The molecule has 3 N–H and O–H groups in total. The van der Waals surface area contributed by atoms with Gasteiger partial charge in [0.15, 0.2) is 0 Å². The first kappa shape index (κ1) is 14.5. The smallest absolute Gasteiger partial charge is 0.319 e. The third kappa shape index (κ3) is 5.18. The first-order valence-electron chi connectivity index (χ1n) is 5.56. The number of aliphatic carboxylic acids is 1. The van der Waals surface area contributed by atoms with Gasteiger partial charge in [-0.15, -0.1) is 0 Å². The number of benzene rings is 1. The molecule has 0 saturated heterocycles. The van der Waals surface area contributed by atoms with Gasteiger partial charge in [0, 0.05) is 16.2 Å². The van der Waals surface area contributed by atoms with Crippen LogP contribution in [0.3, 0.4) is 0 Å². The van der Waals surface area contributed by atoms with Crippen molar-refractivity contribution in [1.29, 1.82) is 0 Å². The number of nitrogens with one attached hydrogen (secondary N) is 2. The lowest BCUT2D eigenvalue weighted by Gasteiger charge is -2.15. The largest absolute Gasteiger partial charge is 0.481 e. The van der Waals surface area contributed by atoms with Crippen LogP contribution in [0, 0.1) is 0 Å². The minimum Gasteiger partial charge on any atom is -0.481 e. The lowest BCUT2D eigenvalue weighted by atomic mass is 10.1. The van der Waals surface area contributed by atoms with E-state index in [-0.39, 0.29) is 12.5 Å². The zero-order chi connectivity index (χ0) is 13.5. The van der Waals surface area contributed by atoms with Crippen LogP contribution in [-0.4, -0.2) is 23.1 Å². The molecule has 0 fully saturated rings. The number of carbonyl (C=O) groups excluding carboxylic acids is 1. The Morgan fingerprint density at radius 2 is 1.94 bits per heavy atom. The Hall–Kier alpha value is -1.56. The molecule has 98 valence electrons. The van der Waals surface area contributed by atoms with Crippen molar-refractivity contribution in [1.82, 2.24) is 5.32 Å². The molecule has 18 heavy (non-hydrogen) atoms. The van der Waals surface area contributed by atoms with Gasteiger partial charge in [0.05, 0.1) is 6.42 Å². The van der Waals surface area contributed by atoms with E-state index in [1.807, 2.05) is 19.1 Å². The molecular weight excluding hydrogens is 300 g/mol. The van der Waals surface area contributed by atoms with Gasteiger partial charge in [-0.25, -0.2) is 4.79 Å². The summed E-state index contributed by atoms with van der Waals surface area (Å²) in [6.45, 7) is 1.83. The summed E-state index contributed by atoms with van der Waals surface area (Å²) in [5.74, 6) is -0.925. The molecule has 0 saturated carbocycles. The Labute approximate surface area is 114 Å². The van der Waals surface area contributed by atoms with Gasteiger partial charge in [-0.3, -0.25) is 4.79 Å². The molecule has 0 spiro atoms. The van der Waals surface area contributed by atoms with Gasteiger partial charge in [0.1, 0.15) is 0 Å². The van der Waals surface area contributed by atoms with E-state index in [1.54, 1.807) is 12.1 Å². The molecule has 0 aliphatic heterocycles. The van der Waals surface area contributed by atoms with Crippen molar-refractivity contribution in [2.45, 2.75) is 25.8 Å². The van der Waals surface area contributed by atoms with Crippen LogP contribution in [0.25, 0.3) is 0 Å². The van der Waals surface area contributed by atoms with Crippen molar-refractivity contribution >= 4 is 33.6 Å². The van der Waals surface area contributed by atoms with Crippen molar-refractivity contribution in [2.24, 2.45) is 0 Å². The number of halogens is 1. The second kappa shape index (κ2) is 7.00. The van der Waals surface area contributed by atoms with Crippen LogP contribution in [0.1, 0.15) is 19.8 Å². The molecule has 0 aliphatic rings. The Bertz CT molecular complexity index is 420. The topological polar surface area (TPSA) is 78.4 Å². The Kier molecular flexibility index (Phi) is 5.64. The summed E-state index contributed by atoms with van der Waals surface area (Å²) in [5.41, 5.74) is 0.654. The van der Waals surface area contributed by atoms with E-state index in [4.69, 9.17) is 5.11 Å². The van der Waals surface area contributed by atoms with Crippen LogP contribution >= 0.6 is 15.9 Å². The maximum absolute atomic E-state index is 11.6. The van der Waals surface area contributed by atoms with Crippen LogP contribution in [0.2, 0.25) is 0 Å². The summed E-state index contributed by atoms with van der Waals surface area (Å²) in [5, 5.41) is 13.9. The highest BCUT2D eigenvalue weighted by Gasteiger charge is 2.13. The predicted octanol–water partition coefficient (Wildman–Crippen LogP) is 2.82. The first-order chi connectivity index (χ1) is 8.51. The number of hydrogen-bond donors (Lipinski definition) is 3. The Morgan fingerprint density at radius 1 is 1.33 bits per heavy atom. The number of hydrogen-bond acceptors (Lipinski definition) is 2. The lowest BCUT2D eigenvalue weighted by Crippen LogP contribution is -2.38. The average molecular weight is 315 g/mol. The highest BCUT2D eigenvalue weighted by atomic mass is 79.9. The van der Waals surface area contributed by atoms with Crippen molar-refractivity contribution in [3.05, 3.63) is 28.7 Å². The molecular formula is C12H15BrN2O3. The fourth-order valence-corrected chi connectivity index (χ4v) is 1.66. The average Bonchev–Trinajstić information content (AvgIpc) is 2.30. The number of urea groups is 1. The maximum atomic E-state index is 11.6. The van der Waals surface area contributed by atoms with Gasteiger partial charge in [-0.2, -0.15) is 0 Å². The van der Waals surface area contributed by atoms with Gasteiger partial charge in [0.25, 0.3) is 0 Å². The van der Waals surface area contributed by atoms with Crippen LogP contribution in [-0.2, 0) is 4.79 Å². The van der Waals surface area contributed by atoms with Crippen LogP contribution < -0.4 is 10.6 Å². The molecule has 2 amide bonds. The van der Waals surface area contributed by atoms with Gasteiger partial charge in [0.2, 0.25) is 0 Å². The summed E-state index contributed by atoms with van der Waals surface area (Å²) in [6.07, 6.45) is 0.490. The maximum Gasteiger partial charge on any atom is 0.319 e. The Morgan fingerprint density at radius 3 is 2.44 bits per heavy atom. The van der Waals surface area contributed by atoms with E-state index >= 15 is 0 Å². The van der Waals surface area contributed by atoms with Gasteiger partial charge in [-0.1, -0.05) is 22.9 Å². The fraction of sp³-hybridized carbons (Fsp3) is 0.333. The number of anilines is 1. The lowest BCUT2D eigenvalue weighted by molar-refractivity contribution is -0.137. The first-order valence-corrected chi connectivity index (χ1v) is 6.35. The summed E-state index contributed by atoms with van der Waals surface area (Å²) >= 11 is 3.30. The van der Waals surface area contributed by atoms with E-state index < -0.39 is 12.0 Å². The fourth-order valence-electron chi connectivity index (χ4n) is 1.39. The van der Waals surface area contributed by atoms with E-state index in [2.05, 4.69) is 26.6 Å². The molecule has 1 aromatic carbocycles. The summed E-state index contributed by atoms with van der Waals surface area (Å²) in [7, 11) is 0. The summed E-state index contributed by atoms with van der Waals surface area (Å²) < 4.78 is 0.922. The number of carbonyl (C=O) groups is 2. The third-order valence-corrected chi connectivity index (χ3v) is 2.88. The zero-order valence-electron chi connectivity index (χ0n) is 9.94. The summed E-state index contributed by atoms with van der Waals surface area (Å²) in [4.78, 5) is 22.2. The van der Waals surface area contributed by atoms with Crippen LogP contribution in [0.4, 0.5) is 10.5 Å². The number of carboxylic acids is 1. The molecule has 0 heterocycles. The minimum absolute atomic E-state index is 0.0791. The SMILES string of the molecule is CCC(CC(=O)O)NC(=O)Nc1ccc(Br)cc1. The highest BCUT2D eigenvalue weighted by Crippen LogP contribution is 2.14. The number of amides is 2. The minimum atomic E-state index is -0.925. The number of rotatable bonds is 5. The summed E-state index contributed by atoms with van der Waals surface area (Å²) in [6, 6.07) is 6.36. The second-order valence-electron chi connectivity index (χ2n) is 3.81. The van der Waals surface area contributed by atoms with Crippen molar-refractivity contribution in [2.75, 3.05) is 5.32 Å². The molecule has 0 radical (unpaired) electrons. The monoisotopic (exact) mass is 314 g/mol. The van der Waals surface area contributed by atoms with Crippen molar-refractivity contribution in [3.8, 4) is 0 Å². The second-order valence-corrected chi connectivity index (χ2v) is 4.72.